The summed E-state index contributed by atoms with van der Waals surface area (Å²) in [6.45, 7) is 0. The topological polar surface area (TPSA) is 64.2 Å². The van der Waals surface area contributed by atoms with Gasteiger partial charge in [0.05, 0.1) is 21.9 Å². The van der Waals surface area contributed by atoms with E-state index in [1.165, 1.54) is 12.1 Å². The standard InChI is InChI=1S/C21H15NO3/c1-22-18-8-3-2-5-16(18)19(21(24)25)17-7-4-6-15(20(17)22)13-9-11-14(23)12-10-13/h2-12H,1H3,(H-,23,24,25). The van der Waals surface area contributed by atoms with Gasteiger partial charge < -0.3 is 10.2 Å². The van der Waals surface area contributed by atoms with Crippen molar-refractivity contribution >= 4 is 27.8 Å². The Labute approximate surface area is 144 Å². The van der Waals surface area contributed by atoms with Crippen LogP contribution in [0.2, 0.25) is 0 Å². The average Bonchev–Trinajstić information content (AvgIpc) is 2.62. The molecule has 0 unspecified atom stereocenters. The number of pyridine rings is 1. The molecule has 1 N–H and O–H groups in total. The van der Waals surface area contributed by atoms with Crippen molar-refractivity contribution in [3.05, 3.63) is 72.3 Å². The van der Waals surface area contributed by atoms with E-state index in [0.717, 1.165) is 22.2 Å². The van der Waals surface area contributed by atoms with Gasteiger partial charge in [-0.15, -0.1) is 5.75 Å². The van der Waals surface area contributed by atoms with Crippen LogP contribution in [-0.4, -0.2) is 11.1 Å². The summed E-state index contributed by atoms with van der Waals surface area (Å²) in [5.74, 6) is -1.00. The van der Waals surface area contributed by atoms with Gasteiger partial charge >= 0.3 is 5.97 Å². The highest BCUT2D eigenvalue weighted by atomic mass is 16.4. The molecule has 0 saturated heterocycles. The summed E-state index contributed by atoms with van der Waals surface area (Å²) >= 11 is 0. The van der Waals surface area contributed by atoms with Gasteiger partial charge in [-0.05, 0) is 23.8 Å². The Morgan fingerprint density at radius 1 is 0.920 bits per heavy atom. The van der Waals surface area contributed by atoms with Crippen LogP contribution in [0.1, 0.15) is 10.4 Å². The van der Waals surface area contributed by atoms with Crippen LogP contribution >= 0.6 is 0 Å². The van der Waals surface area contributed by atoms with Crippen LogP contribution in [-0.2, 0) is 7.05 Å². The van der Waals surface area contributed by atoms with Crippen molar-refractivity contribution < 1.29 is 19.6 Å². The van der Waals surface area contributed by atoms with E-state index in [9.17, 15) is 15.0 Å². The molecule has 25 heavy (non-hydrogen) atoms. The molecule has 0 fully saturated rings. The first-order valence-corrected chi connectivity index (χ1v) is 7.92. The molecular weight excluding hydrogens is 314 g/mol. The SMILES string of the molecule is C[n+]1c2ccccc2c(C(=O)O)c2cccc(-c3ccc([O-])cc3)c21. The van der Waals surface area contributed by atoms with Crippen molar-refractivity contribution in [2.75, 3.05) is 0 Å². The molecule has 0 aliphatic carbocycles. The van der Waals surface area contributed by atoms with Gasteiger partial charge in [-0.1, -0.05) is 42.5 Å². The largest absolute Gasteiger partial charge is 0.872 e. The highest BCUT2D eigenvalue weighted by molar-refractivity contribution is 6.14. The van der Waals surface area contributed by atoms with Crippen LogP contribution in [0, 0.1) is 0 Å². The van der Waals surface area contributed by atoms with Crippen molar-refractivity contribution in [1.82, 2.24) is 0 Å². The van der Waals surface area contributed by atoms with E-state index < -0.39 is 5.97 Å². The first kappa shape index (κ1) is 15.1. The summed E-state index contributed by atoms with van der Waals surface area (Å²) in [7, 11) is 1.93. The van der Waals surface area contributed by atoms with Gasteiger partial charge in [0.2, 0.25) is 11.0 Å². The number of aromatic carboxylic acids is 1. The molecule has 0 aliphatic heterocycles. The van der Waals surface area contributed by atoms with Crippen LogP contribution in [0.15, 0.2) is 66.7 Å². The molecule has 0 bridgehead atoms. The minimum Gasteiger partial charge on any atom is -0.872 e. The molecular formula is C21H15NO3. The summed E-state index contributed by atoms with van der Waals surface area (Å²) in [5.41, 5.74) is 3.75. The number of hydrogen-bond acceptors (Lipinski definition) is 2. The first-order chi connectivity index (χ1) is 12.1. The molecule has 4 rings (SSSR count). The van der Waals surface area contributed by atoms with Gasteiger partial charge in [0.25, 0.3) is 0 Å². The molecule has 4 nitrogen and oxygen atoms in total. The predicted molar refractivity (Wildman–Crippen MR) is 94.5 cm³/mol. The Hall–Kier alpha value is -3.40. The zero-order chi connectivity index (χ0) is 17.6. The number of para-hydroxylation sites is 2. The number of hydrogen-bond donors (Lipinski definition) is 1. The van der Waals surface area contributed by atoms with E-state index in [0.29, 0.717) is 16.3 Å². The van der Waals surface area contributed by atoms with Gasteiger partial charge in [-0.3, -0.25) is 0 Å². The summed E-state index contributed by atoms with van der Waals surface area (Å²) in [6.07, 6.45) is 0. The fraction of sp³-hybridized carbons (Fsp3) is 0.0476. The monoisotopic (exact) mass is 329 g/mol. The number of carboxylic acids is 1. The van der Waals surface area contributed by atoms with Crippen molar-refractivity contribution in [3.63, 3.8) is 0 Å². The van der Waals surface area contributed by atoms with Crippen LogP contribution < -0.4 is 9.67 Å². The average molecular weight is 329 g/mol. The minimum atomic E-state index is -0.950. The highest BCUT2D eigenvalue weighted by Gasteiger charge is 2.24. The maximum atomic E-state index is 12.0. The molecule has 0 saturated carbocycles. The lowest BCUT2D eigenvalue weighted by Crippen LogP contribution is -2.31. The third kappa shape index (κ3) is 2.31. The third-order valence-electron chi connectivity index (χ3n) is 4.55. The summed E-state index contributed by atoms with van der Waals surface area (Å²) in [6, 6.07) is 19.7. The minimum absolute atomic E-state index is 0.0509. The second-order valence-corrected chi connectivity index (χ2v) is 5.98. The maximum absolute atomic E-state index is 12.0. The molecule has 122 valence electrons. The zero-order valence-electron chi connectivity index (χ0n) is 13.6. The van der Waals surface area contributed by atoms with E-state index in [1.54, 1.807) is 12.1 Å². The van der Waals surface area contributed by atoms with E-state index >= 15 is 0 Å². The maximum Gasteiger partial charge on any atom is 0.337 e. The Bertz CT molecular complexity index is 1130. The fourth-order valence-electron chi connectivity index (χ4n) is 3.45. The summed E-state index contributed by atoms with van der Waals surface area (Å²) in [5, 5.41) is 22.6. The second kappa shape index (κ2) is 5.60. The molecule has 4 heteroatoms. The smallest absolute Gasteiger partial charge is 0.337 e. The van der Waals surface area contributed by atoms with Crippen LogP contribution in [0.5, 0.6) is 5.75 Å². The van der Waals surface area contributed by atoms with E-state index in [-0.39, 0.29) is 5.75 Å². The number of aromatic nitrogens is 1. The second-order valence-electron chi connectivity index (χ2n) is 5.98. The van der Waals surface area contributed by atoms with Crippen molar-refractivity contribution in [2.45, 2.75) is 0 Å². The predicted octanol–water partition coefficient (Wildman–Crippen LogP) is 3.26. The number of benzene rings is 3. The van der Waals surface area contributed by atoms with Gasteiger partial charge in [0.1, 0.15) is 7.05 Å². The highest BCUT2D eigenvalue weighted by Crippen LogP contribution is 2.32. The lowest BCUT2D eigenvalue weighted by molar-refractivity contribution is -0.617. The molecule has 0 atom stereocenters. The van der Waals surface area contributed by atoms with Crippen LogP contribution in [0.4, 0.5) is 0 Å². The Morgan fingerprint density at radius 2 is 1.60 bits per heavy atom. The van der Waals surface area contributed by atoms with E-state index in [2.05, 4.69) is 0 Å². The molecule has 0 amide bonds. The quantitative estimate of drug-likeness (QED) is 0.453. The third-order valence-corrected chi connectivity index (χ3v) is 4.55. The number of rotatable bonds is 2. The van der Waals surface area contributed by atoms with E-state index in [1.807, 2.05) is 54.1 Å². The summed E-state index contributed by atoms with van der Waals surface area (Å²) in [4.78, 5) is 12.0. The first-order valence-electron chi connectivity index (χ1n) is 7.92. The van der Waals surface area contributed by atoms with Crippen molar-refractivity contribution in [3.8, 4) is 16.9 Å². The van der Waals surface area contributed by atoms with Crippen molar-refractivity contribution in [1.29, 1.82) is 0 Å². The van der Waals surface area contributed by atoms with Crippen molar-refractivity contribution in [2.24, 2.45) is 7.05 Å². The molecule has 4 aromatic rings. The molecule has 0 spiro atoms. The lowest BCUT2D eigenvalue weighted by atomic mass is 9.96. The molecule has 1 aromatic heterocycles. The number of carbonyl (C=O) groups is 1. The lowest BCUT2D eigenvalue weighted by Gasteiger charge is -2.11. The number of aryl methyl sites for hydroxylation is 1. The zero-order valence-corrected chi connectivity index (χ0v) is 13.6. The van der Waals surface area contributed by atoms with Crippen LogP contribution in [0.3, 0.4) is 0 Å². The molecule has 0 radical (unpaired) electrons. The summed E-state index contributed by atoms with van der Waals surface area (Å²) < 4.78 is 2.01. The van der Waals surface area contributed by atoms with Gasteiger partial charge in [0.15, 0.2) is 0 Å². The van der Waals surface area contributed by atoms with Gasteiger partial charge in [-0.2, -0.15) is 4.57 Å². The Kier molecular flexibility index (Phi) is 3.39. The van der Waals surface area contributed by atoms with Crippen LogP contribution in [0.25, 0.3) is 32.9 Å². The molecule has 0 aliphatic rings. The van der Waals surface area contributed by atoms with E-state index in [4.69, 9.17) is 0 Å². The normalized spacial score (nSPS) is 11.1. The van der Waals surface area contributed by atoms with Gasteiger partial charge in [0, 0.05) is 6.07 Å². The number of nitrogens with zero attached hydrogens (tertiary/aromatic N) is 1. The Balaban J connectivity index is 2.21. The van der Waals surface area contributed by atoms with Gasteiger partial charge in [-0.25, -0.2) is 4.79 Å². The number of carboxylic acid groups (broad SMARTS) is 1. The Morgan fingerprint density at radius 3 is 2.32 bits per heavy atom. The molecule has 1 heterocycles. The molecule has 3 aromatic carbocycles. The fourth-order valence-corrected chi connectivity index (χ4v) is 3.45. The number of fused-ring (bicyclic) bond motifs is 2.